The second-order valence-corrected chi connectivity index (χ2v) is 5.08. The molecule has 2 N–H and O–H groups in total. The first-order valence-electron chi connectivity index (χ1n) is 6.43. The van der Waals surface area contributed by atoms with E-state index in [1.54, 1.807) is 24.3 Å². The molecule has 0 fully saturated rings. The van der Waals surface area contributed by atoms with Crippen molar-refractivity contribution in [3.8, 4) is 6.07 Å². The minimum Gasteiger partial charge on any atom is -0.465 e. The van der Waals surface area contributed by atoms with Gasteiger partial charge in [-0.1, -0.05) is 26.0 Å². The summed E-state index contributed by atoms with van der Waals surface area (Å²) in [6.45, 7) is 3.83. The topological polar surface area (TPSA) is 90.2 Å². The fourth-order valence-electron chi connectivity index (χ4n) is 1.89. The zero-order valence-corrected chi connectivity index (χ0v) is 11.6. The van der Waals surface area contributed by atoms with Gasteiger partial charge in [-0.2, -0.15) is 5.26 Å². The minimum atomic E-state index is -1.21. The molecule has 1 amide bonds. The van der Waals surface area contributed by atoms with Crippen molar-refractivity contribution in [2.45, 2.75) is 32.7 Å². The first-order chi connectivity index (χ1) is 9.42. The summed E-state index contributed by atoms with van der Waals surface area (Å²) in [6.07, 6.45) is -0.578. The third-order valence-corrected chi connectivity index (χ3v) is 2.82. The van der Waals surface area contributed by atoms with Gasteiger partial charge in [0.25, 0.3) is 0 Å². The van der Waals surface area contributed by atoms with Crippen LogP contribution in [-0.4, -0.2) is 23.0 Å². The molecule has 1 aromatic carbocycles. The Labute approximate surface area is 118 Å². The summed E-state index contributed by atoms with van der Waals surface area (Å²) in [5, 5.41) is 19.8. The van der Waals surface area contributed by atoms with Crippen molar-refractivity contribution in [1.82, 2.24) is 5.32 Å². The van der Waals surface area contributed by atoms with Gasteiger partial charge in [-0.15, -0.1) is 0 Å². The van der Waals surface area contributed by atoms with Crippen LogP contribution in [0.3, 0.4) is 0 Å². The molecule has 0 aliphatic heterocycles. The maximum atomic E-state index is 12.0. The van der Waals surface area contributed by atoms with Gasteiger partial charge in [0, 0.05) is 6.42 Å². The molecule has 1 aromatic rings. The Morgan fingerprint density at radius 1 is 1.30 bits per heavy atom. The molecule has 0 aliphatic rings. The van der Waals surface area contributed by atoms with Crippen LogP contribution in [0.1, 0.15) is 31.4 Å². The Balaban J connectivity index is 2.80. The Kier molecular flexibility index (Phi) is 5.73. The maximum Gasteiger partial charge on any atom is 0.405 e. The van der Waals surface area contributed by atoms with Crippen LogP contribution in [0.2, 0.25) is 0 Å². The Bertz CT molecular complexity index is 515. The van der Waals surface area contributed by atoms with E-state index in [2.05, 4.69) is 5.32 Å². The van der Waals surface area contributed by atoms with Crippen LogP contribution >= 0.6 is 0 Å². The van der Waals surface area contributed by atoms with Crippen molar-refractivity contribution in [2.24, 2.45) is 5.92 Å². The van der Waals surface area contributed by atoms with E-state index in [4.69, 9.17) is 10.4 Å². The third kappa shape index (κ3) is 5.11. The van der Waals surface area contributed by atoms with Crippen molar-refractivity contribution in [2.75, 3.05) is 0 Å². The Morgan fingerprint density at radius 2 is 1.90 bits per heavy atom. The van der Waals surface area contributed by atoms with E-state index in [0.29, 0.717) is 18.4 Å². The monoisotopic (exact) mass is 274 g/mol. The maximum absolute atomic E-state index is 12.0. The summed E-state index contributed by atoms with van der Waals surface area (Å²) in [7, 11) is 0. The van der Waals surface area contributed by atoms with Crippen LogP contribution in [-0.2, 0) is 11.2 Å². The summed E-state index contributed by atoms with van der Waals surface area (Å²) in [5.41, 5.74) is 1.35. The van der Waals surface area contributed by atoms with Gasteiger partial charge < -0.3 is 10.4 Å². The first kappa shape index (κ1) is 15.7. The fraction of sp³-hybridized carbons (Fsp3) is 0.400. The van der Waals surface area contributed by atoms with Gasteiger partial charge >= 0.3 is 6.09 Å². The van der Waals surface area contributed by atoms with Crippen LogP contribution < -0.4 is 5.32 Å². The summed E-state index contributed by atoms with van der Waals surface area (Å²) < 4.78 is 0. The van der Waals surface area contributed by atoms with E-state index >= 15 is 0 Å². The molecular weight excluding hydrogens is 256 g/mol. The molecule has 0 radical (unpaired) electrons. The number of amides is 1. The van der Waals surface area contributed by atoms with Gasteiger partial charge in [0.1, 0.15) is 0 Å². The Hall–Kier alpha value is -2.35. The zero-order chi connectivity index (χ0) is 15.1. The molecule has 20 heavy (non-hydrogen) atoms. The average molecular weight is 274 g/mol. The van der Waals surface area contributed by atoms with E-state index < -0.39 is 12.1 Å². The number of nitrogens with zero attached hydrogens (tertiary/aromatic N) is 1. The van der Waals surface area contributed by atoms with E-state index in [9.17, 15) is 9.59 Å². The molecule has 0 aliphatic carbocycles. The lowest BCUT2D eigenvalue weighted by Crippen LogP contribution is -2.42. The molecule has 0 bridgehead atoms. The van der Waals surface area contributed by atoms with E-state index in [1.165, 1.54) is 0 Å². The summed E-state index contributed by atoms with van der Waals surface area (Å²) >= 11 is 0. The van der Waals surface area contributed by atoms with Gasteiger partial charge in [0.05, 0.1) is 17.7 Å². The predicted octanol–water partition coefficient (Wildman–Crippen LogP) is 2.35. The lowest BCUT2D eigenvalue weighted by Gasteiger charge is -2.17. The predicted molar refractivity (Wildman–Crippen MR) is 74.3 cm³/mol. The van der Waals surface area contributed by atoms with Crippen LogP contribution in [0, 0.1) is 17.2 Å². The number of nitrogens with one attached hydrogen (secondary N) is 1. The molecule has 5 nitrogen and oxygen atoms in total. The van der Waals surface area contributed by atoms with E-state index in [1.807, 2.05) is 19.9 Å². The normalized spacial score (nSPS) is 11.7. The van der Waals surface area contributed by atoms with Crippen LogP contribution in [0.15, 0.2) is 24.3 Å². The van der Waals surface area contributed by atoms with Crippen molar-refractivity contribution in [1.29, 1.82) is 5.26 Å². The molecule has 106 valence electrons. The number of rotatable bonds is 6. The molecule has 0 saturated heterocycles. The number of hydrogen-bond acceptors (Lipinski definition) is 3. The molecule has 0 saturated carbocycles. The number of carbonyl (C=O) groups excluding carboxylic acids is 1. The van der Waals surface area contributed by atoms with Gasteiger partial charge in [-0.3, -0.25) is 4.79 Å². The van der Waals surface area contributed by atoms with E-state index in [0.717, 1.165) is 5.56 Å². The molecule has 1 rings (SSSR count). The largest absolute Gasteiger partial charge is 0.465 e. The highest BCUT2D eigenvalue weighted by Crippen LogP contribution is 2.10. The molecule has 5 heteroatoms. The summed E-state index contributed by atoms with van der Waals surface area (Å²) in [5.74, 6) is 0.0633. The number of carboxylic acid groups (broad SMARTS) is 1. The van der Waals surface area contributed by atoms with Crippen molar-refractivity contribution < 1.29 is 14.7 Å². The number of nitriles is 1. The third-order valence-electron chi connectivity index (χ3n) is 2.82. The molecule has 1 unspecified atom stereocenters. The summed E-state index contributed by atoms with van der Waals surface area (Å²) in [6, 6.07) is 8.04. The van der Waals surface area contributed by atoms with Gasteiger partial charge in [-0.25, -0.2) is 4.79 Å². The van der Waals surface area contributed by atoms with Crippen molar-refractivity contribution >= 4 is 11.9 Å². The molecule has 0 aromatic heterocycles. The highest BCUT2D eigenvalue weighted by atomic mass is 16.4. The van der Waals surface area contributed by atoms with Crippen molar-refractivity contribution in [3.05, 3.63) is 35.4 Å². The highest BCUT2D eigenvalue weighted by Gasteiger charge is 2.21. The fourth-order valence-corrected chi connectivity index (χ4v) is 1.89. The second-order valence-electron chi connectivity index (χ2n) is 5.08. The first-order valence-corrected chi connectivity index (χ1v) is 6.43. The van der Waals surface area contributed by atoms with Gasteiger partial charge in [0.15, 0.2) is 5.78 Å². The molecule has 0 heterocycles. The molecule has 1 atom stereocenters. The smallest absolute Gasteiger partial charge is 0.405 e. The lowest BCUT2D eigenvalue weighted by molar-refractivity contribution is -0.121. The van der Waals surface area contributed by atoms with Crippen LogP contribution in [0.4, 0.5) is 4.79 Å². The van der Waals surface area contributed by atoms with E-state index in [-0.39, 0.29) is 11.7 Å². The standard InChI is InChI=1S/C15H18N2O3/c1-10(2)7-14(18)13(17-15(19)20)8-11-3-5-12(9-16)6-4-11/h3-6,10,13,17H,7-8H2,1-2H3,(H,19,20). The summed E-state index contributed by atoms with van der Waals surface area (Å²) in [4.78, 5) is 22.8. The van der Waals surface area contributed by atoms with Gasteiger partial charge in [-0.05, 0) is 30.0 Å². The SMILES string of the molecule is CC(C)CC(=O)C(Cc1ccc(C#N)cc1)NC(=O)O. The quantitative estimate of drug-likeness (QED) is 0.833. The minimum absolute atomic E-state index is 0.119. The van der Waals surface area contributed by atoms with Crippen LogP contribution in [0.25, 0.3) is 0 Å². The number of carbonyl (C=O) groups is 2. The average Bonchev–Trinajstić information content (AvgIpc) is 2.37. The zero-order valence-electron chi connectivity index (χ0n) is 11.6. The number of benzene rings is 1. The number of ketones is 1. The molecular formula is C15H18N2O3. The number of hydrogen-bond donors (Lipinski definition) is 2. The van der Waals surface area contributed by atoms with Gasteiger partial charge in [0.2, 0.25) is 0 Å². The Morgan fingerprint density at radius 3 is 2.35 bits per heavy atom. The lowest BCUT2D eigenvalue weighted by atomic mass is 9.96. The van der Waals surface area contributed by atoms with Crippen LogP contribution in [0.5, 0.6) is 0 Å². The second kappa shape index (κ2) is 7.29. The number of Topliss-reactive ketones (excluding diaryl/α,β-unsaturated/α-hetero) is 1. The van der Waals surface area contributed by atoms with Crippen molar-refractivity contribution in [3.63, 3.8) is 0 Å². The highest BCUT2D eigenvalue weighted by molar-refractivity contribution is 5.87. The molecule has 0 spiro atoms.